The van der Waals surface area contributed by atoms with Crippen molar-refractivity contribution in [3.05, 3.63) is 70.3 Å². The molecule has 6 atom stereocenters. The number of carbonyl (C=O) groups excluding carboxylic acids is 2. The molecule has 0 radical (unpaired) electrons. The fraction of sp³-hybridized carbons (Fsp3) is 0.543. The molecule has 0 saturated heterocycles. The van der Waals surface area contributed by atoms with Crippen LogP contribution < -0.4 is 9.64 Å². The first kappa shape index (κ1) is 33.8. The molecule has 1 amide bonds. The Morgan fingerprint density at radius 3 is 2.64 bits per heavy atom. The predicted molar refractivity (Wildman–Crippen MR) is 173 cm³/mol. The third-order valence-electron chi connectivity index (χ3n) is 9.35. The molecular weight excluding hydrogens is 580 g/mol. The number of hydrogen-bond donors (Lipinski definition) is 2. The Morgan fingerprint density at radius 1 is 1.20 bits per heavy atom. The summed E-state index contributed by atoms with van der Waals surface area (Å²) in [4.78, 5) is 27.8. The molecule has 2 N–H and O–H groups in total. The lowest BCUT2D eigenvalue weighted by atomic mass is 9.70. The third-order valence-corrected chi connectivity index (χ3v) is 9.58. The lowest BCUT2D eigenvalue weighted by Gasteiger charge is -2.42. The van der Waals surface area contributed by atoms with Crippen molar-refractivity contribution in [1.82, 2.24) is 4.90 Å². The van der Waals surface area contributed by atoms with Crippen LogP contribution in [0.3, 0.4) is 0 Å². The van der Waals surface area contributed by atoms with Crippen LogP contribution in [-0.4, -0.2) is 73.0 Å². The van der Waals surface area contributed by atoms with Gasteiger partial charge in [-0.2, -0.15) is 0 Å². The summed E-state index contributed by atoms with van der Waals surface area (Å²) in [6.45, 7) is 7.56. The summed E-state index contributed by atoms with van der Waals surface area (Å²) >= 11 is 6.38. The van der Waals surface area contributed by atoms with Crippen LogP contribution in [0, 0.1) is 11.8 Å². The van der Waals surface area contributed by atoms with Crippen molar-refractivity contribution in [3.63, 3.8) is 0 Å². The Morgan fingerprint density at radius 2 is 1.98 bits per heavy atom. The van der Waals surface area contributed by atoms with Crippen molar-refractivity contribution in [2.24, 2.45) is 11.8 Å². The smallest absolute Gasteiger partial charge is 0.339 e. The second kappa shape index (κ2) is 15.3. The fourth-order valence-electron chi connectivity index (χ4n) is 6.33. The minimum atomic E-state index is -1.40. The number of esters is 1. The van der Waals surface area contributed by atoms with Gasteiger partial charge in [0.1, 0.15) is 5.75 Å². The maximum atomic E-state index is 12.2. The van der Waals surface area contributed by atoms with Gasteiger partial charge in [0, 0.05) is 44.0 Å². The van der Waals surface area contributed by atoms with E-state index in [0.717, 1.165) is 36.4 Å². The summed E-state index contributed by atoms with van der Waals surface area (Å²) in [5.41, 5.74) is 3.68. The molecule has 9 heteroatoms. The molecule has 2 aromatic carbocycles. The summed E-state index contributed by atoms with van der Waals surface area (Å²) < 4.78 is 11.2. The molecule has 1 aliphatic heterocycles. The van der Waals surface area contributed by atoms with Gasteiger partial charge in [0.15, 0.2) is 6.10 Å². The van der Waals surface area contributed by atoms with Crippen molar-refractivity contribution in [1.29, 1.82) is 0 Å². The number of ether oxygens (including phenoxy) is 2. The molecule has 2 aliphatic rings. The average Bonchev–Trinajstić information content (AvgIpc) is 3.17. The number of fused-ring (bicyclic) bond motifs is 1. The zero-order chi connectivity index (χ0) is 32.0. The molecule has 2 aromatic rings. The van der Waals surface area contributed by atoms with Gasteiger partial charge >= 0.3 is 5.97 Å². The van der Waals surface area contributed by atoms with Crippen LogP contribution >= 0.6 is 11.6 Å². The number of aliphatic hydroxyl groups excluding tert-OH is 2. The van der Waals surface area contributed by atoms with E-state index in [-0.39, 0.29) is 29.7 Å². The largest absolute Gasteiger partial charge is 0.491 e. The van der Waals surface area contributed by atoms with Crippen molar-refractivity contribution in [2.75, 3.05) is 38.8 Å². The van der Waals surface area contributed by atoms with Crippen LogP contribution in [0.1, 0.15) is 75.2 Å². The summed E-state index contributed by atoms with van der Waals surface area (Å²) in [6, 6.07) is 11.5. The van der Waals surface area contributed by atoms with Crippen LogP contribution in [0.5, 0.6) is 5.75 Å². The number of nitrogens with zero attached hydrogens (tertiary/aromatic N) is 2. The molecule has 1 fully saturated rings. The van der Waals surface area contributed by atoms with Crippen LogP contribution in [0.4, 0.5) is 5.69 Å². The number of rotatable bonds is 12. The topological polar surface area (TPSA) is 99.5 Å². The third kappa shape index (κ3) is 7.95. The summed E-state index contributed by atoms with van der Waals surface area (Å²) in [6.07, 6.45) is 6.38. The lowest BCUT2D eigenvalue weighted by molar-refractivity contribution is -0.150. The zero-order valence-corrected chi connectivity index (χ0v) is 27.3. The maximum Gasteiger partial charge on any atom is 0.339 e. The van der Waals surface area contributed by atoms with Crippen molar-refractivity contribution in [2.45, 2.75) is 77.0 Å². The number of aryl methyl sites for hydroxylation is 1. The number of hydrogen-bond acceptors (Lipinski definition) is 7. The van der Waals surface area contributed by atoms with E-state index in [2.05, 4.69) is 17.9 Å². The van der Waals surface area contributed by atoms with E-state index in [9.17, 15) is 19.8 Å². The summed E-state index contributed by atoms with van der Waals surface area (Å²) in [5, 5.41) is 22.5. The van der Waals surface area contributed by atoms with Crippen molar-refractivity contribution < 1.29 is 29.3 Å². The van der Waals surface area contributed by atoms with E-state index in [1.54, 1.807) is 24.9 Å². The highest BCUT2D eigenvalue weighted by Gasteiger charge is 2.38. The Balaban J connectivity index is 1.59. The number of aliphatic hydroxyl groups is 2. The van der Waals surface area contributed by atoms with Gasteiger partial charge < -0.3 is 29.5 Å². The number of methoxy groups -OCH3 is 1. The monoisotopic (exact) mass is 626 g/mol. The number of benzene rings is 2. The van der Waals surface area contributed by atoms with Crippen LogP contribution in [-0.2, 0) is 20.7 Å². The molecule has 0 bridgehead atoms. The van der Waals surface area contributed by atoms with Gasteiger partial charge in [0.25, 0.3) is 0 Å². The van der Waals surface area contributed by atoms with E-state index in [1.807, 2.05) is 43.3 Å². The van der Waals surface area contributed by atoms with Crippen LogP contribution in [0.2, 0.25) is 5.02 Å². The quantitative estimate of drug-likeness (QED) is 0.231. The highest BCUT2D eigenvalue weighted by molar-refractivity contribution is 6.30. The SMILES string of the molecule is CCCc1cc(Cl)ccc1C1COc2ccc(C(O)C(=O)OC)cc2N(CC2CCC2C(O)/C=C/C[C@@H](C)N(C)C(C)=O)C1. The molecule has 1 heterocycles. The molecule has 240 valence electrons. The van der Waals surface area contributed by atoms with E-state index < -0.39 is 18.2 Å². The standard InChI is InChI=1S/C35H47ClN2O6/c1-6-8-24-17-28(36)13-15-29(24)27-20-38(31-18-25(34(41)35(42)43-5)12-16-33(31)44-21-27)19-26-11-14-30(26)32(40)10-7-9-22(2)37(4)23(3)39/h7,10,12-13,15-18,22,26-27,30,32,34,40-41H,6,8-9,11,14,19-21H2,1-5H3/b10-7+/t22-,26?,27?,30?,32?,34?/m1/s1. The molecule has 4 rings (SSSR count). The first-order chi connectivity index (χ1) is 21.0. The minimum Gasteiger partial charge on any atom is -0.491 e. The van der Waals surface area contributed by atoms with Crippen LogP contribution in [0.25, 0.3) is 0 Å². The Bertz CT molecular complexity index is 1330. The van der Waals surface area contributed by atoms with Gasteiger partial charge in [-0.15, -0.1) is 0 Å². The number of amides is 1. The fourth-order valence-corrected chi connectivity index (χ4v) is 6.52. The predicted octanol–water partition coefficient (Wildman–Crippen LogP) is 5.68. The van der Waals surface area contributed by atoms with Gasteiger partial charge in [0.05, 0.1) is 25.5 Å². The van der Waals surface area contributed by atoms with Gasteiger partial charge in [-0.25, -0.2) is 4.79 Å². The summed E-state index contributed by atoms with van der Waals surface area (Å²) in [7, 11) is 3.05. The molecule has 8 nitrogen and oxygen atoms in total. The normalized spacial score (nSPS) is 21.8. The van der Waals surface area contributed by atoms with Crippen molar-refractivity contribution in [3.8, 4) is 5.75 Å². The molecule has 44 heavy (non-hydrogen) atoms. The molecule has 1 aliphatic carbocycles. The minimum absolute atomic E-state index is 0.0215. The Labute approximate surface area is 266 Å². The number of carbonyl (C=O) groups is 2. The number of anilines is 1. The highest BCUT2D eigenvalue weighted by atomic mass is 35.5. The second-order valence-electron chi connectivity index (χ2n) is 12.3. The van der Waals surface area contributed by atoms with Gasteiger partial charge in [-0.05, 0) is 85.4 Å². The van der Waals surface area contributed by atoms with E-state index in [0.29, 0.717) is 37.4 Å². The van der Waals surface area contributed by atoms with Crippen molar-refractivity contribution >= 4 is 29.2 Å². The summed E-state index contributed by atoms with van der Waals surface area (Å²) in [5.74, 6) is 0.416. The number of halogens is 1. The first-order valence-corrected chi connectivity index (χ1v) is 16.1. The lowest BCUT2D eigenvalue weighted by Crippen LogP contribution is -2.44. The van der Waals surface area contributed by atoms with E-state index >= 15 is 0 Å². The Kier molecular flexibility index (Phi) is 11.7. The Hall–Kier alpha value is -3.07. The highest BCUT2D eigenvalue weighted by Crippen LogP contribution is 2.43. The second-order valence-corrected chi connectivity index (χ2v) is 12.7. The van der Waals surface area contributed by atoms with Gasteiger partial charge in [0.2, 0.25) is 5.91 Å². The molecular formula is C35H47ClN2O6. The molecule has 0 spiro atoms. The van der Waals surface area contributed by atoms with Gasteiger partial charge in [-0.3, -0.25) is 4.79 Å². The van der Waals surface area contributed by atoms with Crippen LogP contribution in [0.15, 0.2) is 48.6 Å². The average molecular weight is 627 g/mol. The molecule has 5 unspecified atom stereocenters. The van der Waals surface area contributed by atoms with E-state index in [4.69, 9.17) is 21.1 Å². The first-order valence-electron chi connectivity index (χ1n) is 15.7. The van der Waals surface area contributed by atoms with E-state index in [1.165, 1.54) is 18.2 Å². The maximum absolute atomic E-state index is 12.2. The molecule has 1 saturated carbocycles. The van der Waals surface area contributed by atoms with Gasteiger partial charge in [-0.1, -0.05) is 49.2 Å². The zero-order valence-electron chi connectivity index (χ0n) is 26.5. The molecule has 0 aromatic heterocycles.